The number of rotatable bonds is 5. The van der Waals surface area contributed by atoms with Gasteiger partial charge < -0.3 is 13.9 Å². The number of para-hydroxylation sites is 1. The number of hydrogen-bond acceptors (Lipinski definition) is 4. The van der Waals surface area contributed by atoms with Crippen LogP contribution < -0.4 is 4.74 Å². The maximum Gasteiger partial charge on any atom is 0.374 e. The third-order valence-electron chi connectivity index (χ3n) is 3.25. The van der Waals surface area contributed by atoms with Crippen molar-refractivity contribution in [1.82, 2.24) is 0 Å². The van der Waals surface area contributed by atoms with Crippen LogP contribution in [0.15, 0.2) is 71.3 Å². The van der Waals surface area contributed by atoms with E-state index in [9.17, 15) is 4.79 Å². The molecule has 3 aromatic rings. The molecule has 4 heteroatoms. The molecule has 2 aromatic carbocycles. The number of ether oxygens (including phenoxy) is 2. The van der Waals surface area contributed by atoms with Gasteiger partial charge in [-0.2, -0.15) is 0 Å². The first-order chi connectivity index (χ1) is 11.3. The molecule has 0 aliphatic heterocycles. The van der Waals surface area contributed by atoms with E-state index < -0.39 is 5.97 Å². The fraction of sp³-hybridized carbons (Fsp3) is 0.105. The van der Waals surface area contributed by atoms with E-state index in [-0.39, 0.29) is 5.76 Å². The van der Waals surface area contributed by atoms with Gasteiger partial charge in [-0.3, -0.25) is 0 Å². The van der Waals surface area contributed by atoms with Gasteiger partial charge in [-0.15, -0.1) is 0 Å². The zero-order chi connectivity index (χ0) is 16.1. The first kappa shape index (κ1) is 14.9. The largest absolute Gasteiger partial charge is 0.460 e. The summed E-state index contributed by atoms with van der Waals surface area (Å²) in [5.74, 6) is 1.16. The Balaban J connectivity index is 1.89. The molecule has 0 unspecified atom stereocenters. The van der Waals surface area contributed by atoms with E-state index in [1.165, 1.54) is 6.26 Å². The van der Waals surface area contributed by atoms with Crippen molar-refractivity contribution in [3.8, 4) is 22.6 Å². The van der Waals surface area contributed by atoms with Gasteiger partial charge in [0.15, 0.2) is 0 Å². The Morgan fingerprint density at radius 1 is 1.00 bits per heavy atom. The molecule has 0 aliphatic rings. The molecule has 3 rings (SSSR count). The average molecular weight is 308 g/mol. The molecule has 23 heavy (non-hydrogen) atoms. The molecule has 0 amide bonds. The fourth-order valence-electron chi connectivity index (χ4n) is 2.24. The van der Waals surface area contributed by atoms with Crippen LogP contribution in [0, 0.1) is 0 Å². The summed E-state index contributed by atoms with van der Waals surface area (Å²) in [5, 5.41) is 0. The van der Waals surface area contributed by atoms with Crippen molar-refractivity contribution < 1.29 is 18.7 Å². The van der Waals surface area contributed by atoms with E-state index in [0.29, 0.717) is 17.9 Å². The Labute approximate surface area is 134 Å². The Bertz CT molecular complexity index is 790. The van der Waals surface area contributed by atoms with Crippen molar-refractivity contribution in [1.29, 1.82) is 0 Å². The van der Waals surface area contributed by atoms with Crippen LogP contribution >= 0.6 is 0 Å². The van der Waals surface area contributed by atoms with Crippen molar-refractivity contribution in [3.05, 3.63) is 72.7 Å². The van der Waals surface area contributed by atoms with Crippen LogP contribution in [0.4, 0.5) is 0 Å². The molecule has 0 spiro atoms. The van der Waals surface area contributed by atoms with Gasteiger partial charge in [-0.1, -0.05) is 30.3 Å². The van der Waals surface area contributed by atoms with Crippen LogP contribution in [-0.2, 0) is 4.74 Å². The second-order valence-corrected chi connectivity index (χ2v) is 4.83. The molecule has 0 radical (unpaired) electrons. The summed E-state index contributed by atoms with van der Waals surface area (Å²) in [7, 11) is 0. The number of carbonyl (C=O) groups excluding carboxylic acids is 1. The summed E-state index contributed by atoms with van der Waals surface area (Å²) < 4.78 is 16.1. The van der Waals surface area contributed by atoms with E-state index in [2.05, 4.69) is 0 Å². The third kappa shape index (κ3) is 3.43. The van der Waals surface area contributed by atoms with E-state index >= 15 is 0 Å². The van der Waals surface area contributed by atoms with Crippen molar-refractivity contribution in [2.24, 2.45) is 0 Å². The van der Waals surface area contributed by atoms with E-state index in [0.717, 1.165) is 11.3 Å². The van der Waals surface area contributed by atoms with Crippen LogP contribution in [0.1, 0.15) is 17.5 Å². The number of benzene rings is 2. The second-order valence-electron chi connectivity index (χ2n) is 4.83. The Hall–Kier alpha value is -3.01. The minimum Gasteiger partial charge on any atom is -0.460 e. The number of furan rings is 1. The zero-order valence-corrected chi connectivity index (χ0v) is 12.7. The van der Waals surface area contributed by atoms with Crippen LogP contribution in [0.2, 0.25) is 0 Å². The lowest BCUT2D eigenvalue weighted by molar-refractivity contribution is 0.0491. The van der Waals surface area contributed by atoms with E-state index in [1.807, 2.05) is 54.6 Å². The van der Waals surface area contributed by atoms with Crippen molar-refractivity contribution in [2.45, 2.75) is 6.92 Å². The lowest BCUT2D eigenvalue weighted by Crippen LogP contribution is -2.04. The topological polar surface area (TPSA) is 48.7 Å². The molecule has 0 saturated heterocycles. The molecular weight excluding hydrogens is 292 g/mol. The lowest BCUT2D eigenvalue weighted by Gasteiger charge is -2.08. The smallest absolute Gasteiger partial charge is 0.374 e. The van der Waals surface area contributed by atoms with Gasteiger partial charge in [0.25, 0.3) is 0 Å². The average Bonchev–Trinajstić information content (AvgIpc) is 3.06. The van der Waals surface area contributed by atoms with Crippen LogP contribution in [0.25, 0.3) is 11.1 Å². The highest BCUT2D eigenvalue weighted by molar-refractivity contribution is 5.94. The predicted octanol–water partition coefficient (Wildman–Crippen LogP) is 4.92. The first-order valence-corrected chi connectivity index (χ1v) is 7.36. The number of esters is 1. The molecule has 0 fully saturated rings. The van der Waals surface area contributed by atoms with Crippen LogP contribution in [0.3, 0.4) is 0 Å². The van der Waals surface area contributed by atoms with Gasteiger partial charge in [0.05, 0.1) is 12.9 Å². The molecule has 0 atom stereocenters. The highest BCUT2D eigenvalue weighted by Gasteiger charge is 2.18. The summed E-state index contributed by atoms with van der Waals surface area (Å²) in [6, 6.07) is 18.8. The standard InChI is InChI=1S/C19H16O4/c1-2-21-19(20)18-17(11-12-22-18)14-7-6-10-16(13-14)23-15-8-4-3-5-9-15/h3-13H,2H2,1H3. The normalized spacial score (nSPS) is 10.3. The highest BCUT2D eigenvalue weighted by Crippen LogP contribution is 2.30. The zero-order valence-electron chi connectivity index (χ0n) is 12.7. The van der Waals surface area contributed by atoms with Gasteiger partial charge in [-0.05, 0) is 42.8 Å². The molecule has 0 saturated carbocycles. The number of carbonyl (C=O) groups is 1. The Morgan fingerprint density at radius 2 is 1.78 bits per heavy atom. The van der Waals surface area contributed by atoms with Gasteiger partial charge in [-0.25, -0.2) is 4.79 Å². The monoisotopic (exact) mass is 308 g/mol. The van der Waals surface area contributed by atoms with Gasteiger partial charge >= 0.3 is 5.97 Å². The molecule has 0 bridgehead atoms. The fourth-order valence-corrected chi connectivity index (χ4v) is 2.24. The number of hydrogen-bond donors (Lipinski definition) is 0. The summed E-state index contributed by atoms with van der Waals surface area (Å²) in [4.78, 5) is 11.9. The maximum atomic E-state index is 11.9. The molecule has 4 nitrogen and oxygen atoms in total. The lowest BCUT2D eigenvalue weighted by atomic mass is 10.1. The molecule has 1 heterocycles. The molecule has 116 valence electrons. The second kappa shape index (κ2) is 6.83. The van der Waals surface area contributed by atoms with Crippen LogP contribution in [-0.4, -0.2) is 12.6 Å². The van der Waals surface area contributed by atoms with Gasteiger partial charge in [0, 0.05) is 5.56 Å². The minimum absolute atomic E-state index is 0.198. The summed E-state index contributed by atoms with van der Waals surface area (Å²) in [6.07, 6.45) is 1.48. The SMILES string of the molecule is CCOC(=O)c1occc1-c1cccc(Oc2ccccc2)c1. The van der Waals surface area contributed by atoms with E-state index in [4.69, 9.17) is 13.9 Å². The Kier molecular flexibility index (Phi) is 4.43. The summed E-state index contributed by atoms with van der Waals surface area (Å²) >= 11 is 0. The Morgan fingerprint density at radius 3 is 2.57 bits per heavy atom. The predicted molar refractivity (Wildman–Crippen MR) is 86.6 cm³/mol. The minimum atomic E-state index is -0.470. The molecule has 0 N–H and O–H groups in total. The maximum absolute atomic E-state index is 11.9. The molecule has 0 aliphatic carbocycles. The van der Waals surface area contributed by atoms with Crippen molar-refractivity contribution >= 4 is 5.97 Å². The first-order valence-electron chi connectivity index (χ1n) is 7.36. The van der Waals surface area contributed by atoms with Gasteiger partial charge in [0.2, 0.25) is 5.76 Å². The van der Waals surface area contributed by atoms with Gasteiger partial charge in [0.1, 0.15) is 11.5 Å². The van der Waals surface area contributed by atoms with Crippen molar-refractivity contribution in [3.63, 3.8) is 0 Å². The molecular formula is C19H16O4. The summed E-state index contributed by atoms with van der Waals surface area (Å²) in [6.45, 7) is 2.06. The molecule has 1 aromatic heterocycles. The third-order valence-corrected chi connectivity index (χ3v) is 3.25. The quantitative estimate of drug-likeness (QED) is 0.628. The van der Waals surface area contributed by atoms with Crippen molar-refractivity contribution in [2.75, 3.05) is 6.61 Å². The summed E-state index contributed by atoms with van der Waals surface area (Å²) in [5.41, 5.74) is 1.51. The highest BCUT2D eigenvalue weighted by atomic mass is 16.5. The van der Waals surface area contributed by atoms with Crippen LogP contribution in [0.5, 0.6) is 11.5 Å². The van der Waals surface area contributed by atoms with E-state index in [1.54, 1.807) is 13.0 Å².